The number of benzene rings is 1. The van der Waals surface area contributed by atoms with Crippen molar-refractivity contribution in [3.05, 3.63) is 30.4 Å². The summed E-state index contributed by atoms with van der Waals surface area (Å²) in [5.74, 6) is -0.739. The van der Waals surface area contributed by atoms with Crippen LogP contribution in [0, 0.1) is 0 Å². The van der Waals surface area contributed by atoms with Gasteiger partial charge in [-0.2, -0.15) is 0 Å². The number of fused-ring (bicyclic) bond motifs is 2. The van der Waals surface area contributed by atoms with Gasteiger partial charge in [-0.25, -0.2) is 14.5 Å². The molecule has 0 aliphatic carbocycles. The van der Waals surface area contributed by atoms with Gasteiger partial charge in [-0.1, -0.05) is 12.7 Å². The molecular weight excluding hydrogens is 448 g/mol. The van der Waals surface area contributed by atoms with Crippen LogP contribution in [0.2, 0.25) is 0 Å². The molecule has 1 aromatic carbocycles. The number of carboxylic acid groups (broad SMARTS) is 1. The minimum Gasteiger partial charge on any atom is -0.493 e. The highest BCUT2D eigenvalue weighted by atomic mass is 16.6. The molecule has 1 aromatic rings. The lowest BCUT2D eigenvalue weighted by atomic mass is 9.97. The average Bonchev–Trinajstić information content (AvgIpc) is 2.93. The summed E-state index contributed by atoms with van der Waals surface area (Å²) in [7, 11) is 2.91. The number of piperidine rings is 1. The van der Waals surface area contributed by atoms with Crippen molar-refractivity contribution in [1.29, 1.82) is 0 Å². The van der Waals surface area contributed by atoms with E-state index in [1.54, 1.807) is 17.9 Å². The maximum Gasteiger partial charge on any atom is 0.416 e. The normalized spacial score (nSPS) is 21.7. The number of nitrogens with zero attached hydrogens (tertiary/aromatic N) is 2. The van der Waals surface area contributed by atoms with Gasteiger partial charge < -0.3 is 33.7 Å². The molecule has 1 saturated heterocycles. The summed E-state index contributed by atoms with van der Waals surface area (Å²) in [5.41, 5.74) is 0.484. The number of hydrogen-bond donors (Lipinski definition) is 1. The van der Waals surface area contributed by atoms with Gasteiger partial charge >= 0.3 is 12.1 Å². The molecule has 186 valence electrons. The van der Waals surface area contributed by atoms with Gasteiger partial charge in [0.05, 0.1) is 37.6 Å². The Morgan fingerprint density at radius 2 is 1.91 bits per heavy atom. The summed E-state index contributed by atoms with van der Waals surface area (Å²) in [6.07, 6.45) is 0.0884. The van der Waals surface area contributed by atoms with Gasteiger partial charge in [0.15, 0.2) is 17.7 Å². The molecule has 3 atom stereocenters. The fraction of sp³-hybridized carbons (Fsp3) is 0.522. The van der Waals surface area contributed by atoms with Gasteiger partial charge in [-0.3, -0.25) is 4.79 Å². The standard InChI is InChI=1S/C23H30N2O9/c1-5-9-33-23(29)25-16-12-19(31-4)18(30-3)11-15(16)21(28)24-8-7-14(34-13-20(26)27)10-17(24)22(25)32-6-2/h5,11-12,14,17,22H,1,6-10,13H2,2-4H3,(H,26,27)/t14-,17+,22?/m1/s1. The molecule has 3 rings (SSSR count). The highest BCUT2D eigenvalue weighted by Gasteiger charge is 2.47. The van der Waals surface area contributed by atoms with E-state index >= 15 is 0 Å². The Morgan fingerprint density at radius 3 is 2.53 bits per heavy atom. The van der Waals surface area contributed by atoms with E-state index < -0.39 is 37.0 Å². The Hall–Kier alpha value is -3.31. The number of methoxy groups -OCH3 is 2. The van der Waals surface area contributed by atoms with E-state index in [-0.39, 0.29) is 36.8 Å². The monoisotopic (exact) mass is 478 g/mol. The van der Waals surface area contributed by atoms with Crippen LogP contribution < -0.4 is 14.4 Å². The van der Waals surface area contributed by atoms with Crippen LogP contribution in [0.25, 0.3) is 0 Å². The van der Waals surface area contributed by atoms with Crippen molar-refractivity contribution >= 4 is 23.7 Å². The number of carbonyl (C=O) groups is 3. The van der Waals surface area contributed by atoms with Crippen molar-refractivity contribution < 1.29 is 43.2 Å². The number of hydrogen-bond acceptors (Lipinski definition) is 8. The van der Waals surface area contributed by atoms with Crippen molar-refractivity contribution in [2.24, 2.45) is 0 Å². The van der Waals surface area contributed by atoms with E-state index in [0.29, 0.717) is 24.5 Å². The molecule has 2 aliphatic heterocycles. The molecule has 11 heteroatoms. The smallest absolute Gasteiger partial charge is 0.416 e. The molecule has 0 aromatic heterocycles. The average molecular weight is 478 g/mol. The molecule has 11 nitrogen and oxygen atoms in total. The fourth-order valence-electron chi connectivity index (χ4n) is 4.29. The fourth-order valence-corrected chi connectivity index (χ4v) is 4.29. The van der Waals surface area contributed by atoms with Gasteiger partial charge in [-0.05, 0) is 25.8 Å². The molecule has 0 saturated carbocycles. The first-order valence-corrected chi connectivity index (χ1v) is 10.9. The van der Waals surface area contributed by atoms with Gasteiger partial charge in [-0.15, -0.1) is 0 Å². The van der Waals surface area contributed by atoms with E-state index in [1.165, 1.54) is 31.3 Å². The second-order valence-corrected chi connectivity index (χ2v) is 7.72. The number of amides is 2. The minimum atomic E-state index is -1.08. The number of carboxylic acids is 1. The van der Waals surface area contributed by atoms with Crippen LogP contribution in [0.15, 0.2) is 24.8 Å². The van der Waals surface area contributed by atoms with Crippen LogP contribution in [-0.2, 0) is 19.0 Å². The number of anilines is 1. The summed E-state index contributed by atoms with van der Waals surface area (Å²) in [6.45, 7) is 5.40. The third kappa shape index (κ3) is 5.10. The Bertz CT molecular complexity index is 935. The SMILES string of the molecule is C=CCOC(=O)N1c2cc(OC)c(OC)cc2C(=O)N2CC[C@@H](OCC(=O)O)C[C@H]2C1OCC. The van der Waals surface area contributed by atoms with Crippen LogP contribution in [0.3, 0.4) is 0 Å². The molecular formula is C23H30N2O9. The van der Waals surface area contributed by atoms with E-state index in [2.05, 4.69) is 6.58 Å². The highest BCUT2D eigenvalue weighted by molar-refractivity contribution is 6.06. The number of aliphatic carboxylic acids is 1. The zero-order chi connectivity index (χ0) is 24.8. The molecule has 2 heterocycles. The largest absolute Gasteiger partial charge is 0.493 e. The zero-order valence-corrected chi connectivity index (χ0v) is 19.5. The second kappa shape index (κ2) is 11.2. The number of carbonyl (C=O) groups excluding carboxylic acids is 2. The van der Waals surface area contributed by atoms with E-state index in [4.69, 9.17) is 28.8 Å². The van der Waals surface area contributed by atoms with Crippen molar-refractivity contribution in [3.8, 4) is 11.5 Å². The van der Waals surface area contributed by atoms with E-state index in [9.17, 15) is 14.4 Å². The Morgan fingerprint density at radius 1 is 1.21 bits per heavy atom. The summed E-state index contributed by atoms with van der Waals surface area (Å²) in [4.78, 5) is 40.9. The lowest BCUT2D eigenvalue weighted by Gasteiger charge is -2.43. The molecule has 1 fully saturated rings. The number of rotatable bonds is 9. The first kappa shape index (κ1) is 25.3. The zero-order valence-electron chi connectivity index (χ0n) is 19.5. The topological polar surface area (TPSA) is 124 Å². The Kier molecular flexibility index (Phi) is 8.35. The third-order valence-corrected chi connectivity index (χ3v) is 5.73. The predicted octanol–water partition coefficient (Wildman–Crippen LogP) is 2.28. The lowest BCUT2D eigenvalue weighted by Crippen LogP contribution is -2.58. The summed E-state index contributed by atoms with van der Waals surface area (Å²) < 4.78 is 27.7. The predicted molar refractivity (Wildman–Crippen MR) is 120 cm³/mol. The first-order valence-electron chi connectivity index (χ1n) is 10.9. The molecule has 0 bridgehead atoms. The first-order chi connectivity index (χ1) is 16.4. The van der Waals surface area contributed by atoms with Crippen LogP contribution in [0.4, 0.5) is 10.5 Å². The Balaban J connectivity index is 2.13. The summed E-state index contributed by atoms with van der Waals surface area (Å²) in [6, 6.07) is 2.47. The summed E-state index contributed by atoms with van der Waals surface area (Å²) in [5, 5.41) is 9.00. The Labute approximate surface area is 197 Å². The van der Waals surface area contributed by atoms with Crippen LogP contribution in [0.5, 0.6) is 11.5 Å². The van der Waals surface area contributed by atoms with Crippen molar-refractivity contribution in [2.75, 3.05) is 45.5 Å². The molecule has 1 N–H and O–H groups in total. The third-order valence-electron chi connectivity index (χ3n) is 5.73. The van der Waals surface area contributed by atoms with Gasteiger partial charge in [0.25, 0.3) is 5.91 Å². The quantitative estimate of drug-likeness (QED) is 0.532. The molecule has 0 radical (unpaired) electrons. The van der Waals surface area contributed by atoms with Crippen molar-refractivity contribution in [3.63, 3.8) is 0 Å². The molecule has 34 heavy (non-hydrogen) atoms. The molecule has 2 aliphatic rings. The van der Waals surface area contributed by atoms with Crippen LogP contribution >= 0.6 is 0 Å². The van der Waals surface area contributed by atoms with Crippen LogP contribution in [-0.4, -0.2) is 86.9 Å². The van der Waals surface area contributed by atoms with Crippen LogP contribution in [0.1, 0.15) is 30.1 Å². The van der Waals surface area contributed by atoms with Crippen molar-refractivity contribution in [2.45, 2.75) is 38.1 Å². The summed E-state index contributed by atoms with van der Waals surface area (Å²) >= 11 is 0. The molecule has 2 amide bonds. The number of ether oxygens (including phenoxy) is 5. The molecule has 0 spiro atoms. The van der Waals surface area contributed by atoms with Gasteiger partial charge in [0, 0.05) is 19.2 Å². The van der Waals surface area contributed by atoms with Gasteiger partial charge in [0.1, 0.15) is 13.2 Å². The second-order valence-electron chi connectivity index (χ2n) is 7.72. The minimum absolute atomic E-state index is 0.0382. The maximum atomic E-state index is 13.7. The molecule has 1 unspecified atom stereocenters. The highest BCUT2D eigenvalue weighted by Crippen LogP contribution is 2.41. The van der Waals surface area contributed by atoms with Gasteiger partial charge in [0.2, 0.25) is 0 Å². The van der Waals surface area contributed by atoms with Crippen molar-refractivity contribution in [1.82, 2.24) is 4.90 Å². The van der Waals surface area contributed by atoms with E-state index in [0.717, 1.165) is 0 Å². The maximum absolute atomic E-state index is 13.7. The van der Waals surface area contributed by atoms with E-state index in [1.807, 2.05) is 0 Å². The lowest BCUT2D eigenvalue weighted by molar-refractivity contribution is -0.146.